The number of hydrogen-bond donors (Lipinski definition) is 0. The highest BCUT2D eigenvalue weighted by atomic mass is 32.2. The lowest BCUT2D eigenvalue weighted by Crippen LogP contribution is -2.24. The molecule has 24 heavy (non-hydrogen) atoms. The van der Waals surface area contributed by atoms with Crippen LogP contribution in [0.3, 0.4) is 0 Å². The molecule has 0 amide bonds. The van der Waals surface area contributed by atoms with E-state index in [1.165, 1.54) is 27.3 Å². The lowest BCUT2D eigenvalue weighted by molar-refractivity contribution is -0.137. The fourth-order valence-corrected chi connectivity index (χ4v) is 3.44. The smallest absolute Gasteiger partial charge is 0.248 e. The molecule has 0 N–H and O–H groups in total. The van der Waals surface area contributed by atoms with Gasteiger partial charge in [0.15, 0.2) is 0 Å². The van der Waals surface area contributed by atoms with E-state index >= 15 is 0 Å². The lowest BCUT2D eigenvalue weighted by atomic mass is 10.1. The monoisotopic (exact) mass is 358 g/mol. The molecule has 0 aliphatic carbocycles. The van der Waals surface area contributed by atoms with Crippen molar-refractivity contribution in [2.45, 2.75) is 19.3 Å². The van der Waals surface area contributed by atoms with Crippen molar-refractivity contribution in [1.82, 2.24) is 19.3 Å². The average molecular weight is 358 g/mol. The van der Waals surface area contributed by atoms with Crippen LogP contribution in [0.4, 0.5) is 13.2 Å². The van der Waals surface area contributed by atoms with Crippen LogP contribution < -0.4 is 0 Å². The first-order chi connectivity index (χ1) is 11.2. The molecule has 10 heteroatoms. The Labute approximate surface area is 136 Å². The van der Waals surface area contributed by atoms with Gasteiger partial charge in [-0.15, -0.1) is 5.10 Å². The number of hydrogen-bond acceptors (Lipinski definition) is 4. The maximum absolute atomic E-state index is 12.7. The normalized spacial score (nSPS) is 17.5. The van der Waals surface area contributed by atoms with Gasteiger partial charge >= 0.3 is 6.18 Å². The van der Waals surface area contributed by atoms with Gasteiger partial charge in [0.1, 0.15) is 0 Å². The van der Waals surface area contributed by atoms with Crippen molar-refractivity contribution in [2.24, 2.45) is 0 Å². The minimum Gasteiger partial charge on any atom is -0.248 e. The number of rotatable bonds is 4. The van der Waals surface area contributed by atoms with Crippen LogP contribution in [0.5, 0.6) is 0 Å². The molecule has 0 saturated heterocycles. The van der Waals surface area contributed by atoms with E-state index in [-0.39, 0.29) is 19.6 Å². The molecule has 0 spiro atoms. The van der Waals surface area contributed by atoms with Crippen molar-refractivity contribution in [2.75, 3.05) is 6.54 Å². The Morgan fingerprint density at radius 3 is 2.67 bits per heavy atom. The highest BCUT2D eigenvalue weighted by molar-refractivity contribution is 7.92. The van der Waals surface area contributed by atoms with Crippen LogP contribution in [0, 0.1) is 0 Å². The molecule has 1 aliphatic heterocycles. The zero-order chi connectivity index (χ0) is 17.4. The Morgan fingerprint density at radius 1 is 1.21 bits per heavy atom. The Hall–Kier alpha value is -2.20. The van der Waals surface area contributed by atoms with Crippen LogP contribution in [-0.2, 0) is 29.3 Å². The van der Waals surface area contributed by atoms with Crippen LogP contribution in [0.1, 0.15) is 16.8 Å². The van der Waals surface area contributed by atoms with Crippen molar-refractivity contribution in [3.05, 3.63) is 58.8 Å². The molecular formula is C14H13F3N4O2S. The van der Waals surface area contributed by atoms with Gasteiger partial charge in [0.25, 0.3) is 0 Å². The van der Waals surface area contributed by atoms with Gasteiger partial charge in [0.2, 0.25) is 10.0 Å². The Bertz CT molecular complexity index is 874. The third kappa shape index (κ3) is 3.65. The third-order valence-electron chi connectivity index (χ3n) is 3.46. The molecule has 128 valence electrons. The number of sulfonamides is 1. The van der Waals surface area contributed by atoms with Gasteiger partial charge in [0.05, 0.1) is 30.5 Å². The Morgan fingerprint density at radius 2 is 2.00 bits per heavy atom. The van der Waals surface area contributed by atoms with E-state index < -0.39 is 21.8 Å². The molecule has 0 bridgehead atoms. The standard InChI is InChI=1S/C14H13F3N4O2S/c15-14(16,17)12-4-1-3-11(7-12)8-20-9-13(18-19-20)10-21-5-2-6-24(21,22)23/h1-4,6-7,9H,5,8,10H2. The maximum atomic E-state index is 12.7. The number of benzene rings is 1. The first kappa shape index (κ1) is 16.7. The third-order valence-corrected chi connectivity index (χ3v) is 4.99. The molecule has 2 aromatic rings. The lowest BCUT2D eigenvalue weighted by Gasteiger charge is -2.11. The van der Waals surface area contributed by atoms with Crippen LogP contribution >= 0.6 is 0 Å². The SMILES string of the molecule is O=S1(=O)C=CCN1Cc1cn(Cc2cccc(C(F)(F)F)c2)nn1. The minimum atomic E-state index is -4.40. The maximum Gasteiger partial charge on any atom is 0.416 e. The van der Waals surface area contributed by atoms with Gasteiger partial charge < -0.3 is 0 Å². The predicted octanol–water partition coefficient (Wildman–Crippen LogP) is 2.00. The summed E-state index contributed by atoms with van der Waals surface area (Å²) in [6.45, 7) is 0.447. The molecule has 0 saturated carbocycles. The number of halogens is 3. The molecule has 0 unspecified atom stereocenters. The summed E-state index contributed by atoms with van der Waals surface area (Å²) in [7, 11) is -3.41. The summed E-state index contributed by atoms with van der Waals surface area (Å²) < 4.78 is 64.1. The number of alkyl halides is 3. The molecule has 3 rings (SSSR count). The van der Waals surface area contributed by atoms with Crippen LogP contribution in [0.2, 0.25) is 0 Å². The molecule has 2 heterocycles. The topological polar surface area (TPSA) is 68.1 Å². The summed E-state index contributed by atoms with van der Waals surface area (Å²) in [6.07, 6.45) is -1.35. The predicted molar refractivity (Wildman–Crippen MR) is 79.0 cm³/mol. The first-order valence-corrected chi connectivity index (χ1v) is 8.46. The Kier molecular flexibility index (Phi) is 4.18. The molecule has 0 atom stereocenters. The van der Waals surface area contributed by atoms with Crippen molar-refractivity contribution in [3.63, 3.8) is 0 Å². The van der Waals surface area contributed by atoms with Crippen LogP contribution in [0.25, 0.3) is 0 Å². The summed E-state index contributed by atoms with van der Waals surface area (Å²) in [4.78, 5) is 0. The largest absolute Gasteiger partial charge is 0.416 e. The van der Waals surface area contributed by atoms with Crippen molar-refractivity contribution in [1.29, 1.82) is 0 Å². The van der Waals surface area contributed by atoms with Gasteiger partial charge in [-0.2, -0.15) is 17.5 Å². The van der Waals surface area contributed by atoms with Gasteiger partial charge in [-0.3, -0.25) is 0 Å². The van der Waals surface area contributed by atoms with E-state index in [9.17, 15) is 21.6 Å². The van der Waals surface area contributed by atoms with Crippen molar-refractivity contribution >= 4 is 10.0 Å². The average Bonchev–Trinajstić information content (AvgIpc) is 3.06. The summed E-state index contributed by atoms with van der Waals surface area (Å²) in [5.41, 5.74) is 0.126. The molecule has 1 aromatic carbocycles. The summed E-state index contributed by atoms with van der Waals surface area (Å²) >= 11 is 0. The summed E-state index contributed by atoms with van der Waals surface area (Å²) in [5.74, 6) is 0. The van der Waals surface area contributed by atoms with E-state index in [1.807, 2.05) is 0 Å². The fraction of sp³-hybridized carbons (Fsp3) is 0.286. The molecule has 1 aromatic heterocycles. The second-order valence-electron chi connectivity index (χ2n) is 5.31. The fourth-order valence-electron chi connectivity index (χ4n) is 2.33. The van der Waals surface area contributed by atoms with Gasteiger partial charge in [-0.05, 0) is 17.7 Å². The summed E-state index contributed by atoms with van der Waals surface area (Å²) in [5, 5.41) is 8.83. The van der Waals surface area contributed by atoms with E-state index in [1.54, 1.807) is 6.07 Å². The molecular weight excluding hydrogens is 345 g/mol. The molecule has 6 nitrogen and oxygen atoms in total. The highest BCUT2D eigenvalue weighted by Crippen LogP contribution is 2.29. The molecule has 0 radical (unpaired) electrons. The van der Waals surface area contributed by atoms with E-state index in [4.69, 9.17) is 0 Å². The number of nitrogens with zero attached hydrogens (tertiary/aromatic N) is 4. The van der Waals surface area contributed by atoms with Crippen molar-refractivity contribution < 1.29 is 21.6 Å². The highest BCUT2D eigenvalue weighted by Gasteiger charge is 2.30. The van der Waals surface area contributed by atoms with E-state index in [0.29, 0.717) is 11.3 Å². The van der Waals surface area contributed by atoms with Gasteiger partial charge in [-0.1, -0.05) is 23.4 Å². The second kappa shape index (κ2) is 6.02. The quantitative estimate of drug-likeness (QED) is 0.838. The van der Waals surface area contributed by atoms with Crippen molar-refractivity contribution in [3.8, 4) is 0 Å². The second-order valence-corrected chi connectivity index (χ2v) is 7.13. The van der Waals surface area contributed by atoms with Crippen LogP contribution in [0.15, 0.2) is 41.9 Å². The number of aromatic nitrogens is 3. The van der Waals surface area contributed by atoms with Gasteiger partial charge in [-0.25, -0.2) is 13.1 Å². The zero-order valence-electron chi connectivity index (χ0n) is 12.3. The first-order valence-electron chi connectivity index (χ1n) is 6.96. The molecule has 1 aliphatic rings. The zero-order valence-corrected chi connectivity index (χ0v) is 13.1. The van der Waals surface area contributed by atoms with Gasteiger partial charge in [0, 0.05) is 12.0 Å². The Balaban J connectivity index is 1.71. The minimum absolute atomic E-state index is 0.0674. The van der Waals surface area contributed by atoms with E-state index in [2.05, 4.69) is 10.3 Å². The van der Waals surface area contributed by atoms with E-state index in [0.717, 1.165) is 17.5 Å². The summed E-state index contributed by atoms with van der Waals surface area (Å²) in [6, 6.07) is 4.95. The molecule has 0 fully saturated rings. The van der Waals surface area contributed by atoms with Crippen LogP contribution in [-0.4, -0.2) is 34.3 Å².